The molecule has 1 aromatic heterocycles. The minimum atomic E-state index is -0.223. The molecule has 1 saturated heterocycles. The van der Waals surface area contributed by atoms with Gasteiger partial charge in [0.15, 0.2) is 0 Å². The van der Waals surface area contributed by atoms with Gasteiger partial charge >= 0.3 is 0 Å². The van der Waals surface area contributed by atoms with Gasteiger partial charge in [-0.1, -0.05) is 12.1 Å². The van der Waals surface area contributed by atoms with Crippen LogP contribution in [-0.2, 0) is 11.3 Å². The van der Waals surface area contributed by atoms with Crippen LogP contribution in [0.3, 0.4) is 0 Å². The number of carbonyl (C=O) groups is 1. The van der Waals surface area contributed by atoms with E-state index in [0.717, 1.165) is 48.4 Å². The summed E-state index contributed by atoms with van der Waals surface area (Å²) in [6, 6.07) is 8.53. The first-order chi connectivity index (χ1) is 12.1. The third kappa shape index (κ3) is 4.89. The highest BCUT2D eigenvalue weighted by Crippen LogP contribution is 2.24. The topological polar surface area (TPSA) is 29.5 Å². The number of likely N-dealkylation sites (tertiary alicyclic amines) is 1. The van der Waals surface area contributed by atoms with E-state index in [0.29, 0.717) is 19.1 Å². The minimum Gasteiger partial charge on any atom is -0.377 e. The summed E-state index contributed by atoms with van der Waals surface area (Å²) >= 11 is 1.53. The molecule has 2 heterocycles. The standard InChI is InChI=1S/C20H24FNO2S/c1-15-8-12-25-19(15)20(23)22-9-5-16(6-10-22)7-11-24-14-17-3-2-4-18(21)13-17/h2-4,8,12-13,16H,5-7,9-11,14H2,1H3. The van der Waals surface area contributed by atoms with Gasteiger partial charge in [-0.05, 0) is 66.8 Å². The molecule has 5 heteroatoms. The van der Waals surface area contributed by atoms with Crippen LogP contribution in [0, 0.1) is 18.7 Å². The predicted molar refractivity (Wildman–Crippen MR) is 98.4 cm³/mol. The van der Waals surface area contributed by atoms with Crippen molar-refractivity contribution in [3.8, 4) is 0 Å². The zero-order chi connectivity index (χ0) is 17.6. The third-order valence-corrected chi connectivity index (χ3v) is 5.79. The summed E-state index contributed by atoms with van der Waals surface area (Å²) in [6.07, 6.45) is 3.05. The fourth-order valence-corrected chi connectivity index (χ4v) is 4.12. The molecule has 0 N–H and O–H groups in total. The first-order valence-corrected chi connectivity index (χ1v) is 9.67. The molecule has 1 aliphatic heterocycles. The molecule has 1 fully saturated rings. The smallest absolute Gasteiger partial charge is 0.264 e. The van der Waals surface area contributed by atoms with Crippen LogP contribution in [0.2, 0.25) is 0 Å². The highest BCUT2D eigenvalue weighted by atomic mass is 32.1. The molecule has 0 atom stereocenters. The van der Waals surface area contributed by atoms with Gasteiger partial charge in [0, 0.05) is 19.7 Å². The van der Waals surface area contributed by atoms with Gasteiger partial charge in [0.05, 0.1) is 11.5 Å². The number of hydrogen-bond donors (Lipinski definition) is 0. The maximum absolute atomic E-state index is 13.1. The van der Waals surface area contributed by atoms with Gasteiger partial charge in [0.25, 0.3) is 5.91 Å². The number of rotatable bonds is 6. The molecular formula is C20H24FNO2S. The summed E-state index contributed by atoms with van der Waals surface area (Å²) in [7, 11) is 0. The number of benzene rings is 1. The summed E-state index contributed by atoms with van der Waals surface area (Å²) in [4.78, 5) is 15.4. The molecule has 134 valence electrons. The van der Waals surface area contributed by atoms with Crippen molar-refractivity contribution in [1.82, 2.24) is 4.90 Å². The lowest BCUT2D eigenvalue weighted by Gasteiger charge is -2.32. The Morgan fingerprint density at radius 3 is 2.80 bits per heavy atom. The first-order valence-electron chi connectivity index (χ1n) is 8.79. The molecule has 1 amide bonds. The molecule has 1 aliphatic rings. The molecule has 0 saturated carbocycles. The fourth-order valence-electron chi connectivity index (χ4n) is 3.23. The number of ether oxygens (including phenoxy) is 1. The van der Waals surface area contributed by atoms with Crippen molar-refractivity contribution in [1.29, 1.82) is 0 Å². The molecule has 0 unspecified atom stereocenters. The number of carbonyl (C=O) groups excluding carboxylic acids is 1. The van der Waals surface area contributed by atoms with Gasteiger partial charge in [-0.3, -0.25) is 4.79 Å². The predicted octanol–water partition coefficient (Wildman–Crippen LogP) is 4.65. The van der Waals surface area contributed by atoms with Gasteiger partial charge in [0.1, 0.15) is 5.82 Å². The molecule has 3 nitrogen and oxygen atoms in total. The van der Waals surface area contributed by atoms with Crippen LogP contribution in [0.4, 0.5) is 4.39 Å². The Hall–Kier alpha value is -1.72. The zero-order valence-electron chi connectivity index (χ0n) is 14.5. The summed E-state index contributed by atoms with van der Waals surface area (Å²) in [6.45, 7) is 4.77. The fraction of sp³-hybridized carbons (Fsp3) is 0.450. The van der Waals surface area contributed by atoms with E-state index in [1.54, 1.807) is 6.07 Å². The van der Waals surface area contributed by atoms with E-state index in [1.807, 2.05) is 29.3 Å². The quantitative estimate of drug-likeness (QED) is 0.701. The van der Waals surface area contributed by atoms with Crippen molar-refractivity contribution in [2.24, 2.45) is 5.92 Å². The number of nitrogens with zero attached hydrogens (tertiary/aromatic N) is 1. The van der Waals surface area contributed by atoms with Gasteiger partial charge in [0.2, 0.25) is 0 Å². The van der Waals surface area contributed by atoms with Crippen LogP contribution in [0.15, 0.2) is 35.7 Å². The molecule has 0 spiro atoms. The SMILES string of the molecule is Cc1ccsc1C(=O)N1CCC(CCOCc2cccc(F)c2)CC1. The molecule has 2 aromatic rings. The molecule has 1 aromatic carbocycles. The second-order valence-electron chi connectivity index (χ2n) is 6.64. The van der Waals surface area contributed by atoms with E-state index >= 15 is 0 Å². The highest BCUT2D eigenvalue weighted by Gasteiger charge is 2.24. The number of piperidine rings is 1. The van der Waals surface area contributed by atoms with Gasteiger partial charge in [-0.15, -0.1) is 11.3 Å². The number of thiophene rings is 1. The van der Waals surface area contributed by atoms with E-state index in [-0.39, 0.29) is 11.7 Å². The number of aryl methyl sites for hydroxylation is 1. The Morgan fingerprint density at radius 2 is 2.12 bits per heavy atom. The summed E-state index contributed by atoms with van der Waals surface area (Å²) in [5, 5.41) is 1.98. The monoisotopic (exact) mass is 361 g/mol. The largest absolute Gasteiger partial charge is 0.377 e. The lowest BCUT2D eigenvalue weighted by molar-refractivity contribution is 0.0642. The van der Waals surface area contributed by atoms with Crippen molar-refractivity contribution in [3.05, 3.63) is 57.5 Å². The Bertz CT molecular complexity index is 707. The van der Waals surface area contributed by atoms with Crippen LogP contribution < -0.4 is 0 Å². The zero-order valence-corrected chi connectivity index (χ0v) is 15.4. The van der Waals surface area contributed by atoms with Gasteiger partial charge in [-0.25, -0.2) is 4.39 Å². The van der Waals surface area contributed by atoms with E-state index in [9.17, 15) is 9.18 Å². The van der Waals surface area contributed by atoms with E-state index < -0.39 is 0 Å². The average molecular weight is 361 g/mol. The number of hydrogen-bond acceptors (Lipinski definition) is 3. The van der Waals surface area contributed by atoms with E-state index in [2.05, 4.69) is 0 Å². The molecule has 3 rings (SSSR count). The van der Waals surface area contributed by atoms with Crippen LogP contribution in [0.1, 0.15) is 40.1 Å². The Kier molecular flexibility index (Phi) is 6.21. The molecule has 0 bridgehead atoms. The molecule has 25 heavy (non-hydrogen) atoms. The van der Waals surface area contributed by atoms with Crippen molar-refractivity contribution in [2.75, 3.05) is 19.7 Å². The Balaban J connectivity index is 1.37. The summed E-state index contributed by atoms with van der Waals surface area (Å²) in [5.74, 6) is 0.549. The molecule has 0 aliphatic carbocycles. The van der Waals surface area contributed by atoms with Crippen LogP contribution in [0.5, 0.6) is 0 Å². The van der Waals surface area contributed by atoms with Crippen molar-refractivity contribution < 1.29 is 13.9 Å². The number of halogens is 1. The lowest BCUT2D eigenvalue weighted by atomic mass is 9.94. The number of amides is 1. The maximum Gasteiger partial charge on any atom is 0.264 e. The normalized spacial score (nSPS) is 15.5. The Labute approximate surface area is 152 Å². The van der Waals surface area contributed by atoms with Crippen LogP contribution >= 0.6 is 11.3 Å². The van der Waals surface area contributed by atoms with Gasteiger partial charge in [-0.2, -0.15) is 0 Å². The highest BCUT2D eigenvalue weighted by molar-refractivity contribution is 7.12. The molecular weight excluding hydrogens is 337 g/mol. The van der Waals surface area contributed by atoms with Gasteiger partial charge < -0.3 is 9.64 Å². The van der Waals surface area contributed by atoms with E-state index in [4.69, 9.17) is 4.74 Å². The van der Waals surface area contributed by atoms with Crippen molar-refractivity contribution in [3.63, 3.8) is 0 Å². The third-order valence-electron chi connectivity index (χ3n) is 4.79. The minimum absolute atomic E-state index is 0.174. The van der Waals surface area contributed by atoms with Crippen molar-refractivity contribution in [2.45, 2.75) is 32.8 Å². The molecule has 0 radical (unpaired) electrons. The van der Waals surface area contributed by atoms with Crippen LogP contribution in [0.25, 0.3) is 0 Å². The lowest BCUT2D eigenvalue weighted by Crippen LogP contribution is -2.38. The van der Waals surface area contributed by atoms with Crippen LogP contribution in [-0.4, -0.2) is 30.5 Å². The Morgan fingerprint density at radius 1 is 1.32 bits per heavy atom. The summed E-state index contributed by atoms with van der Waals surface area (Å²) in [5.41, 5.74) is 1.94. The van der Waals surface area contributed by atoms with Crippen molar-refractivity contribution >= 4 is 17.2 Å². The average Bonchev–Trinajstić information content (AvgIpc) is 3.05. The maximum atomic E-state index is 13.1. The second-order valence-corrected chi connectivity index (χ2v) is 7.56. The summed E-state index contributed by atoms with van der Waals surface area (Å²) < 4.78 is 18.8. The second kappa shape index (κ2) is 8.59. The first kappa shape index (κ1) is 18.1. The van der Waals surface area contributed by atoms with E-state index in [1.165, 1.54) is 23.5 Å².